The number of aryl methyl sites for hydroxylation is 2. The van der Waals surface area contributed by atoms with E-state index < -0.39 is 5.60 Å². The zero-order valence-electron chi connectivity index (χ0n) is 14.3. The molecular weight excluding hydrogens is 278 g/mol. The first-order valence-corrected chi connectivity index (χ1v) is 7.74. The Kier molecular flexibility index (Phi) is 6.30. The Balaban J connectivity index is 2.62. The van der Waals surface area contributed by atoms with Gasteiger partial charge in [-0.3, -0.25) is 9.59 Å². The highest BCUT2D eigenvalue weighted by Gasteiger charge is 2.21. The maximum Gasteiger partial charge on any atom is 0.223 e. The van der Waals surface area contributed by atoms with E-state index in [9.17, 15) is 14.7 Å². The van der Waals surface area contributed by atoms with Crippen molar-refractivity contribution in [1.29, 1.82) is 0 Å². The molecule has 1 aromatic carbocycles. The van der Waals surface area contributed by atoms with Crippen molar-refractivity contribution in [3.8, 4) is 0 Å². The van der Waals surface area contributed by atoms with Crippen molar-refractivity contribution in [1.82, 2.24) is 4.90 Å². The summed E-state index contributed by atoms with van der Waals surface area (Å²) in [6, 6.07) is 5.61. The van der Waals surface area contributed by atoms with E-state index in [1.807, 2.05) is 39.0 Å². The second-order valence-electron chi connectivity index (χ2n) is 6.44. The Morgan fingerprint density at radius 3 is 2.27 bits per heavy atom. The van der Waals surface area contributed by atoms with E-state index in [1.165, 1.54) is 0 Å². The lowest BCUT2D eigenvalue weighted by molar-refractivity contribution is -0.133. The summed E-state index contributed by atoms with van der Waals surface area (Å²) in [6.07, 6.45) is 0.374. The average molecular weight is 305 g/mol. The van der Waals surface area contributed by atoms with Crippen LogP contribution >= 0.6 is 0 Å². The zero-order valence-corrected chi connectivity index (χ0v) is 14.3. The molecule has 0 radical (unpaired) electrons. The maximum absolute atomic E-state index is 12.2. The lowest BCUT2D eigenvalue weighted by atomic mass is 10.0. The van der Waals surface area contributed by atoms with Gasteiger partial charge in [0.25, 0.3) is 0 Å². The van der Waals surface area contributed by atoms with Crippen LogP contribution in [0.4, 0.5) is 0 Å². The van der Waals surface area contributed by atoms with E-state index >= 15 is 0 Å². The lowest BCUT2D eigenvalue weighted by Gasteiger charge is -2.28. The fourth-order valence-corrected chi connectivity index (χ4v) is 2.28. The van der Waals surface area contributed by atoms with Gasteiger partial charge in [-0.2, -0.15) is 0 Å². The van der Waals surface area contributed by atoms with Crippen LogP contribution in [0.15, 0.2) is 18.2 Å². The third-order valence-corrected chi connectivity index (χ3v) is 3.71. The van der Waals surface area contributed by atoms with Crippen LogP contribution < -0.4 is 0 Å². The number of aliphatic hydroxyl groups is 1. The summed E-state index contributed by atoms with van der Waals surface area (Å²) >= 11 is 0. The summed E-state index contributed by atoms with van der Waals surface area (Å²) in [5, 5.41) is 9.82. The summed E-state index contributed by atoms with van der Waals surface area (Å²) in [6.45, 7) is 9.99. The standard InChI is InChI=1S/C18H27NO3/c1-6-19(12-18(4,5)22)17(21)10-9-16(20)15-8-7-13(2)14(3)11-15/h7-8,11,22H,6,9-10,12H2,1-5H3. The molecule has 1 aromatic rings. The van der Waals surface area contributed by atoms with Gasteiger partial charge < -0.3 is 10.0 Å². The van der Waals surface area contributed by atoms with Gasteiger partial charge in [-0.1, -0.05) is 12.1 Å². The minimum Gasteiger partial charge on any atom is -0.389 e. The van der Waals surface area contributed by atoms with Gasteiger partial charge in [0.05, 0.1) is 5.60 Å². The first-order chi connectivity index (χ1) is 10.1. The summed E-state index contributed by atoms with van der Waals surface area (Å²) in [5.41, 5.74) is 1.95. The van der Waals surface area contributed by atoms with E-state index in [-0.39, 0.29) is 31.1 Å². The third kappa shape index (κ3) is 5.60. The van der Waals surface area contributed by atoms with Gasteiger partial charge in [-0.25, -0.2) is 0 Å². The molecule has 22 heavy (non-hydrogen) atoms. The highest BCUT2D eigenvalue weighted by atomic mass is 16.3. The van der Waals surface area contributed by atoms with Gasteiger partial charge in [0.15, 0.2) is 5.78 Å². The van der Waals surface area contributed by atoms with Gasteiger partial charge in [0.1, 0.15) is 0 Å². The van der Waals surface area contributed by atoms with Crippen molar-refractivity contribution in [3.05, 3.63) is 34.9 Å². The fourth-order valence-electron chi connectivity index (χ4n) is 2.28. The van der Waals surface area contributed by atoms with Gasteiger partial charge >= 0.3 is 0 Å². The van der Waals surface area contributed by atoms with Gasteiger partial charge in [-0.15, -0.1) is 0 Å². The number of amides is 1. The van der Waals surface area contributed by atoms with E-state index in [4.69, 9.17) is 0 Å². The van der Waals surface area contributed by atoms with E-state index in [2.05, 4.69) is 0 Å². The van der Waals surface area contributed by atoms with Crippen LogP contribution in [0.5, 0.6) is 0 Å². The van der Waals surface area contributed by atoms with Crippen molar-refractivity contribution >= 4 is 11.7 Å². The number of carbonyl (C=O) groups is 2. The molecule has 0 unspecified atom stereocenters. The Hall–Kier alpha value is -1.68. The van der Waals surface area contributed by atoms with Crippen LogP contribution in [0.2, 0.25) is 0 Å². The SMILES string of the molecule is CCN(CC(C)(C)O)C(=O)CCC(=O)c1ccc(C)c(C)c1. The molecule has 0 aliphatic carbocycles. The van der Waals surface area contributed by atoms with Gasteiger partial charge in [0, 0.05) is 31.5 Å². The molecule has 0 spiro atoms. The molecule has 4 nitrogen and oxygen atoms in total. The van der Waals surface area contributed by atoms with Crippen LogP contribution in [0, 0.1) is 13.8 Å². The molecule has 4 heteroatoms. The third-order valence-electron chi connectivity index (χ3n) is 3.71. The molecule has 1 rings (SSSR count). The number of rotatable bonds is 7. The van der Waals surface area contributed by atoms with Crippen molar-refractivity contribution in [3.63, 3.8) is 0 Å². The number of hydrogen-bond acceptors (Lipinski definition) is 3. The van der Waals surface area contributed by atoms with Crippen LogP contribution in [0.25, 0.3) is 0 Å². The number of benzene rings is 1. The van der Waals surface area contributed by atoms with Crippen LogP contribution in [0.1, 0.15) is 55.1 Å². The molecule has 1 N–H and O–H groups in total. The van der Waals surface area contributed by atoms with Gasteiger partial charge in [-0.05, 0) is 51.8 Å². The van der Waals surface area contributed by atoms with E-state index in [1.54, 1.807) is 18.7 Å². The first kappa shape index (κ1) is 18.4. The summed E-state index contributed by atoms with van der Waals surface area (Å²) < 4.78 is 0. The van der Waals surface area contributed by atoms with E-state index in [0.717, 1.165) is 11.1 Å². The Morgan fingerprint density at radius 1 is 1.14 bits per heavy atom. The zero-order chi connectivity index (χ0) is 16.9. The monoisotopic (exact) mass is 305 g/mol. The highest BCUT2D eigenvalue weighted by molar-refractivity contribution is 5.98. The second-order valence-corrected chi connectivity index (χ2v) is 6.44. The molecule has 122 valence electrons. The molecule has 0 bridgehead atoms. The smallest absolute Gasteiger partial charge is 0.223 e. The molecular formula is C18H27NO3. The molecule has 0 saturated heterocycles. The number of likely N-dealkylation sites (N-methyl/N-ethyl adjacent to an activating group) is 1. The number of ketones is 1. The largest absolute Gasteiger partial charge is 0.389 e. The number of nitrogens with zero attached hydrogens (tertiary/aromatic N) is 1. The molecule has 0 atom stereocenters. The molecule has 1 amide bonds. The first-order valence-electron chi connectivity index (χ1n) is 7.74. The molecule has 0 aliphatic heterocycles. The minimum absolute atomic E-state index is 0.0178. The molecule has 0 saturated carbocycles. The maximum atomic E-state index is 12.2. The van der Waals surface area contributed by atoms with Crippen molar-refractivity contribution < 1.29 is 14.7 Å². The highest BCUT2D eigenvalue weighted by Crippen LogP contribution is 2.13. The van der Waals surface area contributed by atoms with Gasteiger partial charge in [0.2, 0.25) is 5.91 Å². The second kappa shape index (κ2) is 7.54. The van der Waals surface area contributed by atoms with Crippen LogP contribution in [-0.2, 0) is 4.79 Å². The quantitative estimate of drug-likeness (QED) is 0.788. The molecule has 0 aromatic heterocycles. The minimum atomic E-state index is -0.927. The Labute approximate surface area is 133 Å². The predicted molar refractivity (Wildman–Crippen MR) is 88.0 cm³/mol. The molecule has 0 fully saturated rings. The average Bonchev–Trinajstić information content (AvgIpc) is 2.43. The summed E-state index contributed by atoms with van der Waals surface area (Å²) in [4.78, 5) is 26.0. The Morgan fingerprint density at radius 2 is 1.77 bits per heavy atom. The van der Waals surface area contributed by atoms with Crippen LogP contribution in [0.3, 0.4) is 0 Å². The summed E-state index contributed by atoms with van der Waals surface area (Å²) in [5.74, 6) is -0.113. The molecule has 0 heterocycles. The summed E-state index contributed by atoms with van der Waals surface area (Å²) in [7, 11) is 0. The number of Topliss-reactive ketones (excluding diaryl/α,β-unsaturated/α-hetero) is 1. The van der Waals surface area contributed by atoms with Crippen molar-refractivity contribution in [2.24, 2.45) is 0 Å². The number of hydrogen-bond donors (Lipinski definition) is 1. The Bertz CT molecular complexity index is 544. The number of carbonyl (C=O) groups excluding carboxylic acids is 2. The van der Waals surface area contributed by atoms with E-state index in [0.29, 0.717) is 12.1 Å². The topological polar surface area (TPSA) is 57.6 Å². The van der Waals surface area contributed by atoms with Crippen molar-refractivity contribution in [2.75, 3.05) is 13.1 Å². The lowest BCUT2D eigenvalue weighted by Crippen LogP contribution is -2.42. The van der Waals surface area contributed by atoms with Crippen LogP contribution in [-0.4, -0.2) is 40.4 Å². The molecule has 0 aliphatic rings. The van der Waals surface area contributed by atoms with Crippen molar-refractivity contribution in [2.45, 2.75) is 53.1 Å². The normalized spacial score (nSPS) is 11.4. The predicted octanol–water partition coefficient (Wildman–Crippen LogP) is 2.89. The fraction of sp³-hybridized carbons (Fsp3) is 0.556.